The molecule has 8 rings (SSSR count). The molecule has 6 aliphatic rings. The number of aromatic nitrogens is 2. The van der Waals surface area contributed by atoms with Gasteiger partial charge in [0, 0.05) is 25.3 Å². The molecule has 62 heavy (non-hydrogen) atoms. The fraction of sp³-hybridized carbons (Fsp3) is 0.714. The number of hydrogen-bond donors (Lipinski definition) is 3. The number of benzene rings is 1. The number of rotatable bonds is 8. The zero-order chi connectivity index (χ0) is 44.7. The second kappa shape index (κ2) is 15.6. The van der Waals surface area contributed by atoms with Crippen LogP contribution >= 0.6 is 0 Å². The highest BCUT2D eigenvalue weighted by atomic mass is 32.2. The van der Waals surface area contributed by atoms with Crippen molar-refractivity contribution in [2.75, 3.05) is 13.7 Å². The number of nitrogens with one attached hydrogen (secondary N) is 3. The Morgan fingerprint density at radius 1 is 1.03 bits per heavy atom. The maximum Gasteiger partial charge on any atom is 0.408 e. The second-order valence-corrected chi connectivity index (χ2v) is 21.7. The standard InChI is InChI=1S/C42H54F4N6O9S/c1-39(2,3)33-36(54)52-20-24(18-29(52)34(53)50-41(19-22(41)16-31(43)44)37(55)51-62(57,58)40(4)12-13-40)60-35-32(47-27-10-9-23(59-5)17-28(27)48-35)42(45,46)11-7-6-8-25-26-14-21(26)15-30(25)61-38(56)49-33/h9-10,17,21-22,24-26,29-31,33H,6-8,11-16,18-20H2,1-5H3,(H,49,56)(H,50,53)(H,51,55)/t21-,22+,24+,25+,26-,29-,30+,33+,41+/m0/s1. The van der Waals surface area contributed by atoms with Gasteiger partial charge in [-0.2, -0.15) is 8.78 Å². The van der Waals surface area contributed by atoms with Crippen LogP contribution in [0.2, 0.25) is 0 Å². The number of alkyl halides is 4. The molecule has 5 fully saturated rings. The molecule has 9 atom stereocenters. The van der Waals surface area contributed by atoms with Crippen molar-refractivity contribution in [2.24, 2.45) is 29.1 Å². The quantitative estimate of drug-likeness (QED) is 0.290. The molecule has 1 saturated heterocycles. The van der Waals surface area contributed by atoms with Gasteiger partial charge in [0.25, 0.3) is 11.8 Å². The summed E-state index contributed by atoms with van der Waals surface area (Å²) >= 11 is 0. The van der Waals surface area contributed by atoms with Crippen LogP contribution in [0.1, 0.15) is 104 Å². The highest BCUT2D eigenvalue weighted by molar-refractivity contribution is 7.91. The molecule has 2 aromatic rings. The molecule has 15 nitrogen and oxygen atoms in total. The van der Waals surface area contributed by atoms with E-state index < -0.39 is 123 Å². The van der Waals surface area contributed by atoms with Gasteiger partial charge in [-0.05, 0) is 93.1 Å². The number of amides is 4. The second-order valence-electron chi connectivity index (χ2n) is 19.5. The van der Waals surface area contributed by atoms with E-state index in [-0.39, 0.29) is 49.1 Å². The average Bonchev–Trinajstić information content (AvgIpc) is 4.15. The Bertz CT molecular complexity index is 2260. The summed E-state index contributed by atoms with van der Waals surface area (Å²) in [7, 11) is -2.82. The fourth-order valence-corrected chi connectivity index (χ4v) is 11.0. The number of fused-ring (bicyclic) bond motifs is 7. The Hall–Kier alpha value is -4.49. The number of sulfonamides is 1. The van der Waals surface area contributed by atoms with Crippen LogP contribution < -0.4 is 24.8 Å². The number of hydrogen-bond acceptors (Lipinski definition) is 11. The third kappa shape index (κ3) is 8.47. The van der Waals surface area contributed by atoms with E-state index >= 15 is 8.78 Å². The van der Waals surface area contributed by atoms with E-state index in [1.807, 2.05) is 4.72 Å². The maximum absolute atomic E-state index is 16.4. The predicted octanol–water partition coefficient (Wildman–Crippen LogP) is 5.35. The zero-order valence-corrected chi connectivity index (χ0v) is 36.2. The summed E-state index contributed by atoms with van der Waals surface area (Å²) in [6, 6.07) is 1.73. The van der Waals surface area contributed by atoms with Crippen molar-refractivity contribution < 1.29 is 59.4 Å². The molecule has 3 heterocycles. The molecular weight excluding hydrogens is 841 g/mol. The van der Waals surface area contributed by atoms with Gasteiger partial charge in [-0.1, -0.05) is 27.2 Å². The van der Waals surface area contributed by atoms with Gasteiger partial charge in [0.05, 0.1) is 29.4 Å². The summed E-state index contributed by atoms with van der Waals surface area (Å²) in [6.07, 6.45) is -4.29. The van der Waals surface area contributed by atoms with Crippen molar-refractivity contribution in [1.82, 2.24) is 30.2 Å². The smallest absolute Gasteiger partial charge is 0.408 e. The topological polar surface area (TPSA) is 195 Å². The maximum atomic E-state index is 16.4. The van der Waals surface area contributed by atoms with Crippen LogP contribution in [0.4, 0.5) is 22.4 Å². The van der Waals surface area contributed by atoms with Crippen LogP contribution in [0.5, 0.6) is 11.6 Å². The molecule has 1 aromatic carbocycles. The van der Waals surface area contributed by atoms with Crippen LogP contribution in [0.25, 0.3) is 11.0 Å². The molecule has 0 radical (unpaired) electrons. The average molecular weight is 895 g/mol. The van der Waals surface area contributed by atoms with Gasteiger partial charge in [0.2, 0.25) is 34.1 Å². The zero-order valence-electron chi connectivity index (χ0n) is 35.3. The first-order valence-electron chi connectivity index (χ1n) is 21.4. The van der Waals surface area contributed by atoms with Gasteiger partial charge in [-0.15, -0.1) is 0 Å². The van der Waals surface area contributed by atoms with E-state index in [0.29, 0.717) is 36.8 Å². The Kier molecular flexibility index (Phi) is 11.1. The summed E-state index contributed by atoms with van der Waals surface area (Å²) < 4.78 is 105. The molecule has 1 aromatic heterocycles. The molecule has 3 N–H and O–H groups in total. The molecular formula is C42H54F4N6O9S. The highest BCUT2D eigenvalue weighted by Crippen LogP contribution is 2.58. The SMILES string of the molecule is COc1ccc2nc3c(nc2c1)O[C@@H]1C[C@@H](C(=O)N[C@]2(C(=O)NS(=O)(=O)C4(C)CC4)C[C@H]2CC(F)F)N(C1)C(=O)[C@H](C(C)(C)C)NC(=O)O[C@@H]1C[C@@H]2C[C@@H]2[C@H]1CCCCC3(F)F. The van der Waals surface area contributed by atoms with E-state index in [9.17, 15) is 36.4 Å². The molecule has 4 aliphatic carbocycles. The monoisotopic (exact) mass is 894 g/mol. The molecule has 4 amide bonds. The largest absolute Gasteiger partial charge is 0.497 e. The number of alkyl carbamates (subject to hydrolysis) is 1. The van der Waals surface area contributed by atoms with Gasteiger partial charge in [-0.25, -0.2) is 32.0 Å². The minimum Gasteiger partial charge on any atom is -0.497 e. The number of ether oxygens (including phenoxy) is 3. The van der Waals surface area contributed by atoms with Crippen molar-refractivity contribution >= 4 is 44.9 Å². The molecule has 0 unspecified atom stereocenters. The van der Waals surface area contributed by atoms with Crippen molar-refractivity contribution in [3.63, 3.8) is 0 Å². The lowest BCUT2D eigenvalue weighted by atomic mass is 9.85. The van der Waals surface area contributed by atoms with Crippen molar-refractivity contribution in [1.29, 1.82) is 0 Å². The van der Waals surface area contributed by atoms with E-state index in [1.54, 1.807) is 26.8 Å². The third-order valence-electron chi connectivity index (χ3n) is 13.9. The third-order valence-corrected chi connectivity index (χ3v) is 16.1. The number of halogens is 4. The van der Waals surface area contributed by atoms with Crippen molar-refractivity contribution in [3.8, 4) is 11.6 Å². The minimum atomic E-state index is -4.25. The summed E-state index contributed by atoms with van der Waals surface area (Å²) in [5, 5.41) is 5.27. The highest BCUT2D eigenvalue weighted by Gasteiger charge is 2.64. The van der Waals surface area contributed by atoms with Crippen LogP contribution in [-0.4, -0.2) is 102 Å². The number of carbonyl (C=O) groups is 4. The summed E-state index contributed by atoms with van der Waals surface area (Å²) in [6.45, 7) is 6.13. The van der Waals surface area contributed by atoms with Crippen LogP contribution in [0.3, 0.4) is 0 Å². The number of carbonyl (C=O) groups excluding carboxylic acids is 4. The summed E-state index contributed by atoms with van der Waals surface area (Å²) in [5.74, 6) is -7.19. The van der Waals surface area contributed by atoms with Crippen LogP contribution in [0.15, 0.2) is 18.2 Å². The molecule has 0 spiro atoms. The van der Waals surface area contributed by atoms with Gasteiger partial charge in [0.1, 0.15) is 35.6 Å². The number of nitrogens with zero attached hydrogens (tertiary/aromatic N) is 3. The first-order chi connectivity index (χ1) is 29.0. The van der Waals surface area contributed by atoms with Crippen LogP contribution in [-0.2, 0) is 35.1 Å². The van der Waals surface area contributed by atoms with Crippen molar-refractivity contribution in [3.05, 3.63) is 23.9 Å². The summed E-state index contributed by atoms with van der Waals surface area (Å²) in [4.78, 5) is 66.6. The lowest BCUT2D eigenvalue weighted by molar-refractivity contribution is -0.143. The molecule has 2 bridgehead atoms. The Morgan fingerprint density at radius 2 is 1.77 bits per heavy atom. The van der Waals surface area contributed by atoms with E-state index in [2.05, 4.69) is 20.6 Å². The van der Waals surface area contributed by atoms with Gasteiger partial charge in [0.15, 0.2) is 5.69 Å². The van der Waals surface area contributed by atoms with E-state index in [4.69, 9.17) is 14.2 Å². The summed E-state index contributed by atoms with van der Waals surface area (Å²) in [5.41, 5.74) is -3.47. The van der Waals surface area contributed by atoms with Crippen LogP contribution in [0, 0.1) is 29.1 Å². The predicted molar refractivity (Wildman–Crippen MR) is 214 cm³/mol. The Labute approximate surface area is 357 Å². The molecule has 4 saturated carbocycles. The minimum absolute atomic E-state index is 0.0493. The molecule has 20 heteroatoms. The normalized spacial score (nSPS) is 32.8. The van der Waals surface area contributed by atoms with Gasteiger partial charge >= 0.3 is 6.09 Å². The molecule has 340 valence electrons. The first kappa shape index (κ1) is 44.1. The van der Waals surface area contributed by atoms with Crippen molar-refractivity contribution in [2.45, 2.75) is 145 Å². The first-order valence-corrected chi connectivity index (χ1v) is 22.9. The van der Waals surface area contributed by atoms with Gasteiger partial charge in [-0.3, -0.25) is 19.1 Å². The fourth-order valence-electron chi connectivity index (χ4n) is 9.70. The Balaban J connectivity index is 1.16. The van der Waals surface area contributed by atoms with Gasteiger partial charge < -0.3 is 29.7 Å². The van der Waals surface area contributed by atoms with E-state index in [1.165, 1.54) is 26.2 Å². The molecule has 2 aliphatic heterocycles. The number of methoxy groups -OCH3 is 1. The Morgan fingerprint density at radius 3 is 2.45 bits per heavy atom. The van der Waals surface area contributed by atoms with E-state index in [0.717, 1.165) is 11.3 Å². The lowest BCUT2D eigenvalue weighted by Crippen LogP contribution is -2.60. The lowest BCUT2D eigenvalue weighted by Gasteiger charge is -2.36.